The molecule has 0 aromatic rings. The number of unbranched alkanes of at least 4 members (excludes halogenated alkanes) is 46. The van der Waals surface area contributed by atoms with E-state index >= 15 is 0 Å². The molecule has 3 atom stereocenters. The number of nitrogens with one attached hydrogen (secondary N) is 1. The van der Waals surface area contributed by atoms with Crippen molar-refractivity contribution in [3.63, 3.8) is 0 Å². The monoisotopic (exact) mass is 1140 g/mol. The van der Waals surface area contributed by atoms with E-state index in [-0.39, 0.29) is 25.1 Å². The van der Waals surface area contributed by atoms with Crippen LogP contribution in [0, 0.1) is 0 Å². The maximum atomic E-state index is 13.5. The van der Waals surface area contributed by atoms with Crippen LogP contribution in [0.4, 0.5) is 0 Å². The number of carbonyl (C=O) groups is 2. The Morgan fingerprint density at radius 2 is 0.734 bits per heavy atom. The van der Waals surface area contributed by atoms with Gasteiger partial charge in [0.1, 0.15) is 19.3 Å². The number of allylic oxidation sites excluding steroid dienone is 3. The zero-order valence-corrected chi connectivity index (χ0v) is 54.5. The number of esters is 1. The second kappa shape index (κ2) is 59.6. The number of hydrogen-bond donors (Lipinski definition) is 2. The van der Waals surface area contributed by atoms with Crippen molar-refractivity contribution in [1.29, 1.82) is 0 Å². The van der Waals surface area contributed by atoms with Gasteiger partial charge in [0.05, 0.1) is 33.8 Å². The van der Waals surface area contributed by atoms with Gasteiger partial charge in [-0.25, -0.2) is 4.57 Å². The van der Waals surface area contributed by atoms with Crippen molar-refractivity contribution < 1.29 is 37.3 Å². The fourth-order valence-electron chi connectivity index (χ4n) is 10.5. The minimum atomic E-state index is -4.44. The zero-order chi connectivity index (χ0) is 57.9. The number of nitrogens with zero attached hydrogens (tertiary/aromatic N) is 1. The average molecular weight is 1140 g/mol. The van der Waals surface area contributed by atoms with Crippen LogP contribution in [0.3, 0.4) is 0 Å². The molecule has 0 bridgehead atoms. The summed E-state index contributed by atoms with van der Waals surface area (Å²) in [5.41, 5.74) is 0. The summed E-state index contributed by atoms with van der Waals surface area (Å²) in [5, 5.41) is 3.07. The first-order chi connectivity index (χ1) is 38.4. The smallest absolute Gasteiger partial charge is 0.456 e. The Kier molecular flexibility index (Phi) is 58.5. The van der Waals surface area contributed by atoms with Gasteiger partial charge in [-0.05, 0) is 57.4 Å². The lowest BCUT2D eigenvalue weighted by Crippen LogP contribution is -2.47. The van der Waals surface area contributed by atoms with Crippen molar-refractivity contribution >= 4 is 19.7 Å². The standard InChI is InChI=1S/C69H135N2O7P/c1-7-10-13-16-19-22-25-28-29-30-31-32-33-34-35-36-37-38-39-40-41-44-47-50-53-56-59-62-69(73)78-67(60-57-54-51-48-45-42-26-23-20-17-14-11-8-2)66(65-77-79(74,75)76-64-63-71(4,5)6)70-68(72)61-58-55-52-49-46-43-27-24-21-18-15-12-9-3/h28-29,57,60,66-67H,7-27,30-56,58-59,61-65H2,1-6H3,(H-,70,72,74,75)/p+1/b29-28+,60-57-. The number of quaternary nitrogens is 1. The third kappa shape index (κ3) is 60.9. The van der Waals surface area contributed by atoms with E-state index in [1.807, 2.05) is 33.3 Å². The van der Waals surface area contributed by atoms with E-state index in [2.05, 4.69) is 38.2 Å². The predicted molar refractivity (Wildman–Crippen MR) is 342 cm³/mol. The molecule has 0 saturated heterocycles. The molecule has 10 heteroatoms. The van der Waals surface area contributed by atoms with E-state index in [1.54, 1.807) is 0 Å². The van der Waals surface area contributed by atoms with Gasteiger partial charge in [-0.15, -0.1) is 0 Å². The Labute approximate surface area is 492 Å². The van der Waals surface area contributed by atoms with Gasteiger partial charge >= 0.3 is 13.8 Å². The molecule has 3 unspecified atom stereocenters. The summed E-state index contributed by atoms with van der Waals surface area (Å²) < 4.78 is 30.8. The Morgan fingerprint density at radius 1 is 0.430 bits per heavy atom. The molecule has 0 radical (unpaired) electrons. The lowest BCUT2D eigenvalue weighted by atomic mass is 10.0. The van der Waals surface area contributed by atoms with Crippen molar-refractivity contribution in [3.8, 4) is 0 Å². The van der Waals surface area contributed by atoms with Crippen LogP contribution < -0.4 is 5.32 Å². The Balaban J connectivity index is 4.97. The summed E-state index contributed by atoms with van der Waals surface area (Å²) >= 11 is 0. The van der Waals surface area contributed by atoms with Gasteiger partial charge in [-0.2, -0.15) is 0 Å². The second-order valence-electron chi connectivity index (χ2n) is 25.1. The Morgan fingerprint density at radius 3 is 1.08 bits per heavy atom. The summed E-state index contributed by atoms with van der Waals surface area (Å²) in [6, 6.07) is -0.841. The summed E-state index contributed by atoms with van der Waals surface area (Å²) in [6.45, 7) is 7.06. The molecule has 0 aromatic carbocycles. The third-order valence-electron chi connectivity index (χ3n) is 15.9. The Bertz CT molecular complexity index is 1400. The van der Waals surface area contributed by atoms with Gasteiger partial charge in [0.15, 0.2) is 0 Å². The van der Waals surface area contributed by atoms with Crippen molar-refractivity contribution in [2.75, 3.05) is 40.9 Å². The third-order valence-corrected chi connectivity index (χ3v) is 16.9. The molecular weight excluding hydrogens is 1000 g/mol. The van der Waals surface area contributed by atoms with E-state index in [4.69, 9.17) is 13.8 Å². The number of rotatable bonds is 64. The van der Waals surface area contributed by atoms with E-state index in [1.165, 1.54) is 263 Å². The van der Waals surface area contributed by atoms with Crippen molar-refractivity contribution in [1.82, 2.24) is 5.32 Å². The molecular formula is C69H136N2O7P+. The van der Waals surface area contributed by atoms with E-state index in [9.17, 15) is 19.0 Å². The second-order valence-corrected chi connectivity index (χ2v) is 26.5. The van der Waals surface area contributed by atoms with Crippen molar-refractivity contribution in [3.05, 3.63) is 24.3 Å². The first-order valence-corrected chi connectivity index (χ1v) is 36.2. The highest BCUT2D eigenvalue weighted by Crippen LogP contribution is 2.43. The highest BCUT2D eigenvalue weighted by Gasteiger charge is 2.30. The molecule has 468 valence electrons. The molecule has 9 nitrogen and oxygen atoms in total. The summed E-state index contributed by atoms with van der Waals surface area (Å²) in [7, 11) is 1.52. The van der Waals surface area contributed by atoms with Gasteiger partial charge < -0.3 is 19.4 Å². The minimum Gasteiger partial charge on any atom is -0.456 e. The number of likely N-dealkylation sites (N-methyl/N-ethyl adjacent to an activating group) is 1. The molecule has 0 saturated carbocycles. The van der Waals surface area contributed by atoms with Gasteiger partial charge in [-0.3, -0.25) is 18.6 Å². The number of phosphoric acid groups is 1. The van der Waals surface area contributed by atoms with Crippen molar-refractivity contribution in [2.45, 2.75) is 367 Å². The van der Waals surface area contributed by atoms with E-state index < -0.39 is 20.0 Å². The molecule has 0 aromatic heterocycles. The number of phosphoric ester groups is 1. The first kappa shape index (κ1) is 77.5. The molecule has 2 N–H and O–H groups in total. The van der Waals surface area contributed by atoms with Crippen LogP contribution in [0.1, 0.15) is 355 Å². The number of hydrogen-bond acceptors (Lipinski definition) is 6. The molecule has 1 amide bonds. The van der Waals surface area contributed by atoms with Crippen LogP contribution in [0.2, 0.25) is 0 Å². The van der Waals surface area contributed by atoms with E-state index in [0.717, 1.165) is 57.8 Å². The van der Waals surface area contributed by atoms with Crippen LogP contribution in [0.25, 0.3) is 0 Å². The van der Waals surface area contributed by atoms with Gasteiger partial charge in [0.2, 0.25) is 5.91 Å². The molecule has 0 spiro atoms. The van der Waals surface area contributed by atoms with Crippen molar-refractivity contribution in [2.24, 2.45) is 0 Å². The minimum absolute atomic E-state index is 0.0448. The maximum absolute atomic E-state index is 13.5. The van der Waals surface area contributed by atoms with Gasteiger partial charge in [0.25, 0.3) is 0 Å². The number of ether oxygens (including phenoxy) is 1. The van der Waals surface area contributed by atoms with Gasteiger partial charge in [-0.1, -0.05) is 309 Å². The average Bonchev–Trinajstić information content (AvgIpc) is 3.41. The van der Waals surface area contributed by atoms with Crippen LogP contribution in [0.5, 0.6) is 0 Å². The summed E-state index contributed by atoms with van der Waals surface area (Å²) in [5.74, 6) is -0.483. The molecule has 0 aliphatic heterocycles. The van der Waals surface area contributed by atoms with Crippen LogP contribution in [0.15, 0.2) is 24.3 Å². The van der Waals surface area contributed by atoms with Crippen LogP contribution >= 0.6 is 7.82 Å². The predicted octanol–water partition coefficient (Wildman–Crippen LogP) is 21.7. The topological polar surface area (TPSA) is 111 Å². The molecule has 0 fully saturated rings. The largest absolute Gasteiger partial charge is 0.472 e. The summed E-state index contributed by atoms with van der Waals surface area (Å²) in [6.07, 6.45) is 71.9. The van der Waals surface area contributed by atoms with E-state index in [0.29, 0.717) is 23.9 Å². The fraction of sp³-hybridized carbons (Fsp3) is 0.913. The molecule has 0 heterocycles. The maximum Gasteiger partial charge on any atom is 0.472 e. The SMILES string of the molecule is CCCCCCCC/C=C/CCCCCCCCCCCCCCCCCCCC(=O)OC(/C=C\CCCCCCCCCCCCC)C(COP(=O)(O)OCC[N+](C)(C)C)NC(=O)CCCCCCCCCCCCCCC. The lowest BCUT2D eigenvalue weighted by Gasteiger charge is -2.27. The highest BCUT2D eigenvalue weighted by atomic mass is 31.2. The molecule has 79 heavy (non-hydrogen) atoms. The molecule has 0 aliphatic carbocycles. The Hall–Kier alpha value is -1.51. The highest BCUT2D eigenvalue weighted by molar-refractivity contribution is 7.47. The fourth-order valence-corrected chi connectivity index (χ4v) is 11.3. The van der Waals surface area contributed by atoms with Crippen LogP contribution in [-0.2, 0) is 27.9 Å². The lowest BCUT2D eigenvalue weighted by molar-refractivity contribution is -0.870. The van der Waals surface area contributed by atoms with Crippen LogP contribution in [-0.4, -0.2) is 74.3 Å². The number of amides is 1. The first-order valence-electron chi connectivity index (χ1n) is 34.7. The molecule has 0 aliphatic rings. The quantitative estimate of drug-likeness (QED) is 0.0205. The number of carbonyl (C=O) groups excluding carboxylic acids is 2. The zero-order valence-electron chi connectivity index (χ0n) is 53.6. The summed E-state index contributed by atoms with van der Waals surface area (Å²) in [4.78, 5) is 37.8. The molecule has 0 rings (SSSR count). The van der Waals surface area contributed by atoms with Gasteiger partial charge in [0, 0.05) is 12.8 Å². The normalized spacial score (nSPS) is 13.7.